The number of hydrogen-bond acceptors (Lipinski definition) is 5. The summed E-state index contributed by atoms with van der Waals surface area (Å²) in [6.07, 6.45) is 81.5. The number of amides is 1. The molecule has 0 heterocycles. The zero-order valence-corrected chi connectivity index (χ0v) is 49.6. The number of ether oxygens (including phenoxy) is 1. The Balaban J connectivity index is 3.48. The Morgan fingerprint density at radius 2 is 0.676 bits per heavy atom. The zero-order chi connectivity index (χ0) is 53.6. The third kappa shape index (κ3) is 59.1. The number of hydrogen-bond donors (Lipinski definition) is 3. The minimum absolute atomic E-state index is 0.00738. The lowest BCUT2D eigenvalue weighted by Crippen LogP contribution is -2.45. The summed E-state index contributed by atoms with van der Waals surface area (Å²) >= 11 is 0. The summed E-state index contributed by atoms with van der Waals surface area (Å²) in [6.45, 7) is 4.88. The highest BCUT2D eigenvalue weighted by Gasteiger charge is 2.18. The quantitative estimate of drug-likeness (QED) is 0.0320. The van der Waals surface area contributed by atoms with E-state index in [0.717, 1.165) is 70.6 Å². The Hall–Kier alpha value is -2.18. The second-order valence-corrected chi connectivity index (χ2v) is 22.4. The molecule has 2 atom stereocenters. The van der Waals surface area contributed by atoms with E-state index in [9.17, 15) is 19.8 Å². The first-order chi connectivity index (χ1) is 36.5. The smallest absolute Gasteiger partial charge is 0.305 e. The van der Waals surface area contributed by atoms with Crippen molar-refractivity contribution in [3.8, 4) is 0 Å². The third-order valence-electron chi connectivity index (χ3n) is 15.1. The molecule has 0 fully saturated rings. The minimum Gasteiger partial charge on any atom is -0.466 e. The highest BCUT2D eigenvalue weighted by atomic mass is 16.5. The maximum atomic E-state index is 12.5. The monoisotopic (exact) mass is 1040 g/mol. The van der Waals surface area contributed by atoms with Gasteiger partial charge >= 0.3 is 5.97 Å². The van der Waals surface area contributed by atoms with E-state index in [1.54, 1.807) is 6.08 Å². The Labute approximate surface area is 461 Å². The first kappa shape index (κ1) is 71.8. The van der Waals surface area contributed by atoms with Gasteiger partial charge in [-0.15, -0.1) is 0 Å². The number of carbonyl (C=O) groups is 2. The van der Waals surface area contributed by atoms with E-state index in [4.69, 9.17) is 4.74 Å². The van der Waals surface area contributed by atoms with Gasteiger partial charge in [0.15, 0.2) is 0 Å². The molecule has 0 saturated carbocycles. The molecule has 1 amide bonds. The van der Waals surface area contributed by atoms with Crippen LogP contribution in [0, 0.1) is 0 Å². The Bertz CT molecular complexity index is 1240. The van der Waals surface area contributed by atoms with Crippen molar-refractivity contribution in [3.05, 3.63) is 48.6 Å². The van der Waals surface area contributed by atoms with Crippen LogP contribution in [0.1, 0.15) is 348 Å². The summed E-state index contributed by atoms with van der Waals surface area (Å²) in [4.78, 5) is 24.6. The fraction of sp³-hybridized carbons (Fsp3) is 0.853. The van der Waals surface area contributed by atoms with Gasteiger partial charge in [-0.3, -0.25) is 9.59 Å². The number of nitrogens with one attached hydrogen (secondary N) is 1. The summed E-state index contributed by atoms with van der Waals surface area (Å²) in [5.41, 5.74) is 0. The molecule has 0 aliphatic rings. The Morgan fingerprint density at radius 1 is 0.378 bits per heavy atom. The van der Waals surface area contributed by atoms with E-state index in [2.05, 4.69) is 55.6 Å². The van der Waals surface area contributed by atoms with Crippen LogP contribution in [-0.4, -0.2) is 47.4 Å². The number of aliphatic hydroxyl groups is 2. The lowest BCUT2D eigenvalue weighted by atomic mass is 10.0. The second-order valence-electron chi connectivity index (χ2n) is 22.4. The van der Waals surface area contributed by atoms with Crippen LogP contribution in [0.4, 0.5) is 0 Å². The van der Waals surface area contributed by atoms with E-state index < -0.39 is 12.1 Å². The molecule has 0 aliphatic carbocycles. The maximum absolute atomic E-state index is 12.5. The molecule has 0 bridgehead atoms. The number of rotatable bonds is 61. The van der Waals surface area contributed by atoms with Gasteiger partial charge in [-0.1, -0.05) is 294 Å². The van der Waals surface area contributed by atoms with Crippen LogP contribution in [0.15, 0.2) is 48.6 Å². The van der Waals surface area contributed by atoms with Crippen LogP contribution >= 0.6 is 0 Å². The predicted molar refractivity (Wildman–Crippen MR) is 324 cm³/mol. The van der Waals surface area contributed by atoms with Gasteiger partial charge in [-0.25, -0.2) is 0 Å². The molecule has 2 unspecified atom stereocenters. The standard InChI is InChI=1S/C68H127NO5/c1-3-5-7-9-11-13-15-17-19-21-23-24-25-27-28-32-36-40-44-48-52-56-60-66(71)65(64-70)69-67(72)61-57-53-49-45-41-37-33-30-31-35-39-43-47-51-55-59-63-74-68(73)62-58-54-50-46-42-38-34-29-26-22-20-18-16-14-12-10-8-6-4-2/h12,14,18,20,30,33,56,60,65-66,70-71H,3-11,13,15-17,19,21-29,31-32,34-55,57-59,61-64H2,1-2H3,(H,69,72)/b14-12-,20-18-,33-30-,60-56+. The summed E-state index contributed by atoms with van der Waals surface area (Å²) in [5.74, 6) is -0.0902. The van der Waals surface area contributed by atoms with Crippen LogP contribution < -0.4 is 5.32 Å². The van der Waals surface area contributed by atoms with Gasteiger partial charge in [-0.2, -0.15) is 0 Å². The number of allylic oxidation sites excluding steroid dienone is 7. The van der Waals surface area contributed by atoms with Crippen LogP contribution in [0.2, 0.25) is 0 Å². The molecule has 3 N–H and O–H groups in total. The first-order valence-electron chi connectivity index (χ1n) is 32.9. The van der Waals surface area contributed by atoms with Gasteiger partial charge in [0.05, 0.1) is 25.4 Å². The Morgan fingerprint density at radius 3 is 1.07 bits per heavy atom. The van der Waals surface area contributed by atoms with E-state index in [-0.39, 0.29) is 18.5 Å². The molecule has 0 saturated heterocycles. The van der Waals surface area contributed by atoms with Crippen LogP contribution in [0.5, 0.6) is 0 Å². The molecule has 0 radical (unpaired) electrons. The zero-order valence-electron chi connectivity index (χ0n) is 49.6. The summed E-state index contributed by atoms with van der Waals surface area (Å²) in [5, 5.41) is 23.2. The molecule has 0 aromatic carbocycles. The molecule has 0 aliphatic heterocycles. The molecule has 6 heteroatoms. The van der Waals surface area contributed by atoms with Crippen molar-refractivity contribution in [1.29, 1.82) is 0 Å². The van der Waals surface area contributed by atoms with Gasteiger partial charge < -0.3 is 20.3 Å². The van der Waals surface area contributed by atoms with E-state index in [0.29, 0.717) is 19.4 Å². The number of unbranched alkanes of at least 4 members (excludes halogenated alkanes) is 44. The van der Waals surface area contributed by atoms with Crippen molar-refractivity contribution in [2.75, 3.05) is 13.2 Å². The van der Waals surface area contributed by atoms with E-state index in [1.807, 2.05) is 6.08 Å². The van der Waals surface area contributed by atoms with Gasteiger partial charge in [0, 0.05) is 12.8 Å². The lowest BCUT2D eigenvalue weighted by molar-refractivity contribution is -0.143. The van der Waals surface area contributed by atoms with Crippen molar-refractivity contribution in [3.63, 3.8) is 0 Å². The van der Waals surface area contributed by atoms with Crippen LogP contribution in [0.25, 0.3) is 0 Å². The molecular weight excluding hydrogens is 911 g/mol. The highest BCUT2D eigenvalue weighted by Crippen LogP contribution is 2.17. The average Bonchev–Trinajstić information content (AvgIpc) is 3.40. The fourth-order valence-corrected chi connectivity index (χ4v) is 10.0. The van der Waals surface area contributed by atoms with Gasteiger partial charge in [-0.05, 0) is 89.9 Å². The van der Waals surface area contributed by atoms with Crippen molar-refractivity contribution in [1.82, 2.24) is 5.32 Å². The normalized spacial score (nSPS) is 12.9. The predicted octanol–water partition coefficient (Wildman–Crippen LogP) is 20.9. The summed E-state index contributed by atoms with van der Waals surface area (Å²) in [6, 6.07) is -0.642. The number of carbonyl (C=O) groups excluding carboxylic acids is 2. The molecule has 6 nitrogen and oxygen atoms in total. The average molecular weight is 1040 g/mol. The number of esters is 1. The van der Waals surface area contributed by atoms with Crippen molar-refractivity contribution in [2.45, 2.75) is 360 Å². The van der Waals surface area contributed by atoms with E-state index in [1.165, 1.54) is 250 Å². The first-order valence-corrected chi connectivity index (χ1v) is 32.9. The highest BCUT2D eigenvalue weighted by molar-refractivity contribution is 5.76. The molecule has 74 heavy (non-hydrogen) atoms. The second kappa shape index (κ2) is 63.4. The van der Waals surface area contributed by atoms with E-state index >= 15 is 0 Å². The van der Waals surface area contributed by atoms with Gasteiger partial charge in [0.2, 0.25) is 5.91 Å². The Kier molecular flexibility index (Phi) is 61.5. The fourth-order valence-electron chi connectivity index (χ4n) is 10.0. The lowest BCUT2D eigenvalue weighted by Gasteiger charge is -2.20. The van der Waals surface area contributed by atoms with Gasteiger partial charge in [0.1, 0.15) is 0 Å². The van der Waals surface area contributed by atoms with Crippen molar-refractivity contribution >= 4 is 11.9 Å². The molecule has 0 aromatic rings. The molecule has 0 spiro atoms. The van der Waals surface area contributed by atoms with Crippen molar-refractivity contribution < 1.29 is 24.5 Å². The minimum atomic E-state index is -0.857. The van der Waals surface area contributed by atoms with Crippen LogP contribution in [-0.2, 0) is 14.3 Å². The third-order valence-corrected chi connectivity index (χ3v) is 15.1. The molecule has 434 valence electrons. The summed E-state index contributed by atoms with van der Waals surface area (Å²) in [7, 11) is 0. The maximum Gasteiger partial charge on any atom is 0.305 e. The SMILES string of the molecule is CCCCC/C=C\C/C=C\CCCCCCCCCCCC(=O)OCCCCCCCCC/C=C\CCCCCCCC(=O)NC(CO)C(O)/C=C/CCCCCCCCCCCCCCCCCCCCCC. The molecular formula is C68H127NO5. The topological polar surface area (TPSA) is 95.9 Å². The van der Waals surface area contributed by atoms with Gasteiger partial charge in [0.25, 0.3) is 0 Å². The van der Waals surface area contributed by atoms with Crippen LogP contribution in [0.3, 0.4) is 0 Å². The molecule has 0 rings (SSSR count). The molecule has 0 aromatic heterocycles. The largest absolute Gasteiger partial charge is 0.466 e. The number of aliphatic hydroxyl groups excluding tert-OH is 2. The van der Waals surface area contributed by atoms with Crippen molar-refractivity contribution in [2.24, 2.45) is 0 Å². The summed E-state index contributed by atoms with van der Waals surface area (Å²) < 4.78 is 5.49.